The summed E-state index contributed by atoms with van der Waals surface area (Å²) in [5, 5.41) is 21.9. The standard InChI is InChI=1S/C20H18N8/c1-14-6-18-17(7-15(14)4-3-5-21)16(9-25-28-12-23-24-13-28)8-19(26-18)20-10-22-11-27(20)2/h6-13H,3-4H2,1-2H3/b25-9+. The predicted molar refractivity (Wildman–Crippen MR) is 106 cm³/mol. The number of rotatable bonds is 5. The monoisotopic (exact) mass is 370 g/mol. The summed E-state index contributed by atoms with van der Waals surface area (Å²) in [6.45, 7) is 2.05. The van der Waals surface area contributed by atoms with Crippen LogP contribution in [0.2, 0.25) is 0 Å². The summed E-state index contributed by atoms with van der Waals surface area (Å²) in [5.74, 6) is 0. The van der Waals surface area contributed by atoms with Gasteiger partial charge in [0.25, 0.3) is 0 Å². The van der Waals surface area contributed by atoms with E-state index in [4.69, 9.17) is 10.2 Å². The van der Waals surface area contributed by atoms with Crippen molar-refractivity contribution in [1.29, 1.82) is 5.26 Å². The number of hydrogen-bond donors (Lipinski definition) is 0. The first kappa shape index (κ1) is 17.5. The largest absolute Gasteiger partial charge is 0.332 e. The van der Waals surface area contributed by atoms with E-state index in [1.54, 1.807) is 23.4 Å². The van der Waals surface area contributed by atoms with Gasteiger partial charge in [0.1, 0.15) is 12.7 Å². The van der Waals surface area contributed by atoms with Crippen molar-refractivity contribution in [1.82, 2.24) is 29.4 Å². The van der Waals surface area contributed by atoms with Crippen LogP contribution < -0.4 is 0 Å². The number of aromatic nitrogens is 6. The van der Waals surface area contributed by atoms with E-state index in [0.29, 0.717) is 12.8 Å². The van der Waals surface area contributed by atoms with Gasteiger partial charge in [0.2, 0.25) is 0 Å². The summed E-state index contributed by atoms with van der Waals surface area (Å²) in [5.41, 5.74) is 5.81. The maximum Gasteiger partial charge on any atom is 0.141 e. The number of nitriles is 1. The van der Waals surface area contributed by atoms with Gasteiger partial charge >= 0.3 is 0 Å². The fourth-order valence-corrected chi connectivity index (χ4v) is 3.13. The smallest absolute Gasteiger partial charge is 0.141 e. The first-order valence-corrected chi connectivity index (χ1v) is 8.82. The summed E-state index contributed by atoms with van der Waals surface area (Å²) in [6, 6.07) is 8.39. The van der Waals surface area contributed by atoms with Gasteiger partial charge in [-0.15, -0.1) is 10.2 Å². The lowest BCUT2D eigenvalue weighted by molar-refractivity contribution is 0.878. The highest BCUT2D eigenvalue weighted by molar-refractivity contribution is 6.00. The first-order valence-electron chi connectivity index (χ1n) is 8.82. The van der Waals surface area contributed by atoms with Crippen molar-refractivity contribution in [3.8, 4) is 17.5 Å². The molecule has 28 heavy (non-hydrogen) atoms. The maximum atomic E-state index is 8.94. The lowest BCUT2D eigenvalue weighted by atomic mass is 9.98. The molecule has 4 rings (SSSR count). The van der Waals surface area contributed by atoms with Gasteiger partial charge in [-0.1, -0.05) is 0 Å². The highest BCUT2D eigenvalue weighted by Crippen LogP contribution is 2.27. The van der Waals surface area contributed by atoms with E-state index >= 15 is 0 Å². The molecule has 0 saturated heterocycles. The third-order valence-corrected chi connectivity index (χ3v) is 4.62. The van der Waals surface area contributed by atoms with Gasteiger partial charge in [-0.3, -0.25) is 0 Å². The van der Waals surface area contributed by atoms with E-state index < -0.39 is 0 Å². The zero-order valence-electron chi connectivity index (χ0n) is 15.6. The van der Waals surface area contributed by atoms with Crippen molar-refractivity contribution >= 4 is 17.1 Å². The number of nitrogens with zero attached hydrogens (tertiary/aromatic N) is 8. The third-order valence-electron chi connectivity index (χ3n) is 4.62. The van der Waals surface area contributed by atoms with Crippen LogP contribution in [0.25, 0.3) is 22.3 Å². The predicted octanol–water partition coefficient (Wildman–Crippen LogP) is 2.87. The van der Waals surface area contributed by atoms with Crippen LogP contribution in [0.5, 0.6) is 0 Å². The van der Waals surface area contributed by atoms with Crippen LogP contribution >= 0.6 is 0 Å². The molecule has 0 amide bonds. The Bertz CT molecular complexity index is 1200. The van der Waals surface area contributed by atoms with Gasteiger partial charge in [-0.2, -0.15) is 10.4 Å². The lowest BCUT2D eigenvalue weighted by Gasteiger charge is -2.11. The Kier molecular flexibility index (Phi) is 4.64. The second-order valence-corrected chi connectivity index (χ2v) is 6.53. The second-order valence-electron chi connectivity index (χ2n) is 6.53. The highest BCUT2D eigenvalue weighted by atomic mass is 15.4. The van der Waals surface area contributed by atoms with Crippen molar-refractivity contribution in [2.45, 2.75) is 19.8 Å². The van der Waals surface area contributed by atoms with Crippen molar-refractivity contribution in [2.75, 3.05) is 0 Å². The molecule has 1 aromatic carbocycles. The molecule has 0 aliphatic rings. The average Bonchev–Trinajstić information content (AvgIpc) is 3.36. The topological polar surface area (TPSA) is 97.6 Å². The Morgan fingerprint density at radius 1 is 1.18 bits per heavy atom. The van der Waals surface area contributed by atoms with Crippen LogP contribution in [0.4, 0.5) is 0 Å². The Hall–Kier alpha value is -3.86. The zero-order chi connectivity index (χ0) is 19.5. The van der Waals surface area contributed by atoms with Gasteiger partial charge in [0, 0.05) is 24.4 Å². The fraction of sp³-hybridized carbons (Fsp3) is 0.200. The van der Waals surface area contributed by atoms with Crippen LogP contribution in [0.15, 0.2) is 48.5 Å². The average molecular weight is 370 g/mol. The van der Waals surface area contributed by atoms with Gasteiger partial charge in [0.15, 0.2) is 0 Å². The normalized spacial score (nSPS) is 11.3. The molecule has 0 N–H and O–H groups in total. The molecular formula is C20H18N8. The Balaban J connectivity index is 1.90. The summed E-state index contributed by atoms with van der Waals surface area (Å²) in [4.78, 5) is 9.05. The number of hydrogen-bond acceptors (Lipinski definition) is 6. The molecule has 4 aromatic rings. The molecular weight excluding hydrogens is 352 g/mol. The van der Waals surface area contributed by atoms with Crippen LogP contribution in [0.3, 0.4) is 0 Å². The number of imidazole rings is 1. The third kappa shape index (κ3) is 3.38. The van der Waals surface area contributed by atoms with Gasteiger partial charge in [0.05, 0.1) is 41.7 Å². The Labute approximate surface area is 161 Å². The molecule has 0 unspecified atom stereocenters. The molecule has 0 atom stereocenters. The maximum absolute atomic E-state index is 8.94. The van der Waals surface area contributed by atoms with Crippen LogP contribution in [0, 0.1) is 18.3 Å². The van der Waals surface area contributed by atoms with E-state index in [0.717, 1.165) is 39.0 Å². The van der Waals surface area contributed by atoms with Crippen molar-refractivity contribution < 1.29 is 0 Å². The molecule has 138 valence electrons. The van der Waals surface area contributed by atoms with Crippen molar-refractivity contribution in [3.63, 3.8) is 0 Å². The quantitative estimate of drug-likeness (QED) is 0.503. The van der Waals surface area contributed by atoms with Crippen LogP contribution in [-0.4, -0.2) is 35.6 Å². The minimum atomic E-state index is 0.483. The zero-order valence-corrected chi connectivity index (χ0v) is 15.6. The summed E-state index contributed by atoms with van der Waals surface area (Å²) >= 11 is 0. The molecule has 0 saturated carbocycles. The molecule has 3 aromatic heterocycles. The van der Waals surface area contributed by atoms with E-state index in [9.17, 15) is 0 Å². The molecule has 3 heterocycles. The van der Waals surface area contributed by atoms with Gasteiger partial charge in [-0.25, -0.2) is 14.6 Å². The molecule has 0 aliphatic carbocycles. The first-order chi connectivity index (χ1) is 13.7. The SMILES string of the molecule is Cc1cc2nc(-c3cncn3C)cc(/C=N/n3cnnc3)c2cc1CCC#N. The van der Waals surface area contributed by atoms with Crippen molar-refractivity contribution in [3.05, 3.63) is 60.1 Å². The highest BCUT2D eigenvalue weighted by Gasteiger charge is 2.12. The van der Waals surface area contributed by atoms with E-state index in [-0.39, 0.29) is 0 Å². The Morgan fingerprint density at radius 3 is 2.71 bits per heavy atom. The van der Waals surface area contributed by atoms with Crippen LogP contribution in [-0.2, 0) is 13.5 Å². The number of benzene rings is 1. The number of pyridine rings is 1. The van der Waals surface area contributed by atoms with Gasteiger partial charge in [-0.05, 0) is 42.7 Å². The second kappa shape index (κ2) is 7.40. The molecule has 8 nitrogen and oxygen atoms in total. The minimum Gasteiger partial charge on any atom is -0.332 e. The van der Waals surface area contributed by atoms with E-state index in [1.165, 1.54) is 12.7 Å². The summed E-state index contributed by atoms with van der Waals surface area (Å²) in [6.07, 6.45) is 9.58. The molecule has 0 fully saturated rings. The minimum absolute atomic E-state index is 0.483. The van der Waals surface area contributed by atoms with E-state index in [1.807, 2.05) is 17.7 Å². The summed E-state index contributed by atoms with van der Waals surface area (Å²) in [7, 11) is 1.94. The molecule has 8 heteroatoms. The van der Waals surface area contributed by atoms with E-state index in [2.05, 4.69) is 45.4 Å². The number of fused-ring (bicyclic) bond motifs is 1. The van der Waals surface area contributed by atoms with Crippen LogP contribution in [0.1, 0.15) is 23.1 Å². The van der Waals surface area contributed by atoms with Gasteiger partial charge < -0.3 is 4.57 Å². The molecule has 0 radical (unpaired) electrons. The van der Waals surface area contributed by atoms with Crippen molar-refractivity contribution in [2.24, 2.45) is 12.1 Å². The molecule has 0 spiro atoms. The Morgan fingerprint density at radius 2 is 2.00 bits per heavy atom. The lowest BCUT2D eigenvalue weighted by Crippen LogP contribution is -1.99. The fourth-order valence-electron chi connectivity index (χ4n) is 3.13. The number of aryl methyl sites for hydroxylation is 3. The molecule has 0 aliphatic heterocycles. The summed E-state index contributed by atoms with van der Waals surface area (Å²) < 4.78 is 3.48. The molecule has 0 bridgehead atoms.